The number of aliphatic hydroxyl groups excluding tert-OH is 1. The smallest absolute Gasteiger partial charge is 0.0958 e. The van der Waals surface area contributed by atoms with Crippen molar-refractivity contribution in [3.05, 3.63) is 0 Å². The third kappa shape index (κ3) is 3.53. The second-order valence-electron chi connectivity index (χ2n) is 3.78. The predicted octanol–water partition coefficient (Wildman–Crippen LogP) is 0.280. The fraction of sp³-hybridized carbons (Fsp3) is 1.00. The molecule has 1 rings (SSSR count). The molecule has 0 aromatic rings. The van der Waals surface area contributed by atoms with Crippen LogP contribution >= 0.6 is 0 Å². The molecule has 0 bridgehead atoms. The topological polar surface area (TPSA) is 64.7 Å². The van der Waals surface area contributed by atoms with Crippen molar-refractivity contribution in [3.63, 3.8) is 0 Å². The van der Waals surface area contributed by atoms with E-state index in [1.54, 1.807) is 0 Å². The van der Waals surface area contributed by atoms with E-state index in [1.165, 1.54) is 0 Å². The van der Waals surface area contributed by atoms with Gasteiger partial charge in [0.15, 0.2) is 0 Å². The summed E-state index contributed by atoms with van der Waals surface area (Å²) in [7, 11) is 0. The summed E-state index contributed by atoms with van der Waals surface area (Å²) in [6.45, 7) is 3.29. The van der Waals surface area contributed by atoms with Gasteiger partial charge in [-0.3, -0.25) is 0 Å². The minimum atomic E-state index is -0.00787. The Morgan fingerprint density at radius 3 is 2.86 bits per heavy atom. The minimum absolute atomic E-state index is 0.00787. The second kappa shape index (κ2) is 6.35. The van der Waals surface area contributed by atoms with Gasteiger partial charge in [-0.2, -0.15) is 0 Å². The van der Waals surface area contributed by atoms with Crippen LogP contribution in [0.3, 0.4) is 0 Å². The molecule has 4 nitrogen and oxygen atoms in total. The first-order valence-corrected chi connectivity index (χ1v) is 5.36. The van der Waals surface area contributed by atoms with Gasteiger partial charge in [0.2, 0.25) is 0 Å². The molecule has 3 atom stereocenters. The number of hydrogen-bond acceptors (Lipinski definition) is 4. The Kier molecular flexibility index (Phi) is 5.40. The Labute approximate surface area is 85.4 Å². The van der Waals surface area contributed by atoms with E-state index in [4.69, 9.17) is 20.3 Å². The summed E-state index contributed by atoms with van der Waals surface area (Å²) in [6, 6.07) is 0. The highest BCUT2D eigenvalue weighted by molar-refractivity contribution is 4.79. The largest absolute Gasteiger partial charge is 0.396 e. The lowest BCUT2D eigenvalue weighted by atomic mass is 10.1. The molecule has 3 unspecified atom stereocenters. The van der Waals surface area contributed by atoms with E-state index in [0.29, 0.717) is 25.7 Å². The maximum atomic E-state index is 8.62. The molecule has 1 heterocycles. The molecular weight excluding hydrogens is 182 g/mol. The van der Waals surface area contributed by atoms with Gasteiger partial charge in [0.1, 0.15) is 0 Å². The van der Waals surface area contributed by atoms with Gasteiger partial charge in [0.25, 0.3) is 0 Å². The van der Waals surface area contributed by atoms with Gasteiger partial charge in [-0.1, -0.05) is 0 Å². The molecule has 0 radical (unpaired) electrons. The molecule has 0 aromatic carbocycles. The third-order valence-electron chi connectivity index (χ3n) is 2.55. The van der Waals surface area contributed by atoms with Crippen LogP contribution in [0, 0.1) is 0 Å². The lowest BCUT2D eigenvalue weighted by Crippen LogP contribution is -2.36. The Hall–Kier alpha value is -0.160. The van der Waals surface area contributed by atoms with Crippen LogP contribution in [0.5, 0.6) is 0 Å². The number of aliphatic hydroxyl groups is 1. The standard InChI is InChI=1S/C10H21NO3/c1-8-3-4-9(14-8)10(7-11)13-6-2-5-12/h8-10,12H,2-7,11H2,1H3. The summed E-state index contributed by atoms with van der Waals surface area (Å²) in [4.78, 5) is 0. The van der Waals surface area contributed by atoms with Gasteiger partial charge < -0.3 is 20.3 Å². The van der Waals surface area contributed by atoms with E-state index >= 15 is 0 Å². The van der Waals surface area contributed by atoms with Crippen LogP contribution in [0.2, 0.25) is 0 Å². The second-order valence-corrected chi connectivity index (χ2v) is 3.78. The number of nitrogens with two attached hydrogens (primary N) is 1. The van der Waals surface area contributed by atoms with Crippen LogP contribution in [0.25, 0.3) is 0 Å². The fourth-order valence-electron chi connectivity index (χ4n) is 1.73. The molecule has 1 aliphatic rings. The average Bonchev–Trinajstić information content (AvgIpc) is 2.60. The van der Waals surface area contributed by atoms with Crippen molar-refractivity contribution in [2.45, 2.75) is 44.5 Å². The van der Waals surface area contributed by atoms with Crippen molar-refractivity contribution in [1.29, 1.82) is 0 Å². The van der Waals surface area contributed by atoms with Crippen molar-refractivity contribution in [1.82, 2.24) is 0 Å². The number of ether oxygens (including phenoxy) is 2. The Morgan fingerprint density at radius 1 is 1.57 bits per heavy atom. The molecule has 0 spiro atoms. The molecule has 4 heteroatoms. The van der Waals surface area contributed by atoms with Crippen LogP contribution in [-0.4, -0.2) is 43.2 Å². The van der Waals surface area contributed by atoms with E-state index in [2.05, 4.69) is 6.92 Å². The summed E-state index contributed by atoms with van der Waals surface area (Å²) in [5, 5.41) is 8.62. The molecule has 1 aliphatic heterocycles. The first kappa shape index (κ1) is 11.9. The molecule has 0 aromatic heterocycles. The van der Waals surface area contributed by atoms with Crippen LogP contribution in [-0.2, 0) is 9.47 Å². The predicted molar refractivity (Wildman–Crippen MR) is 54.1 cm³/mol. The Balaban J connectivity index is 2.23. The molecule has 14 heavy (non-hydrogen) atoms. The average molecular weight is 203 g/mol. The van der Waals surface area contributed by atoms with Gasteiger partial charge in [0, 0.05) is 19.8 Å². The van der Waals surface area contributed by atoms with Crippen molar-refractivity contribution < 1.29 is 14.6 Å². The number of rotatable bonds is 6. The van der Waals surface area contributed by atoms with Gasteiger partial charge in [-0.25, -0.2) is 0 Å². The summed E-state index contributed by atoms with van der Waals surface area (Å²) in [5.41, 5.74) is 5.61. The van der Waals surface area contributed by atoms with Crippen molar-refractivity contribution in [2.75, 3.05) is 19.8 Å². The van der Waals surface area contributed by atoms with Gasteiger partial charge in [-0.15, -0.1) is 0 Å². The fourth-order valence-corrected chi connectivity index (χ4v) is 1.73. The first-order valence-electron chi connectivity index (χ1n) is 5.36. The molecule has 1 saturated heterocycles. The SMILES string of the molecule is CC1CCC(C(CN)OCCCO)O1. The zero-order chi connectivity index (χ0) is 10.4. The van der Waals surface area contributed by atoms with Gasteiger partial charge in [0.05, 0.1) is 18.3 Å². The summed E-state index contributed by atoms with van der Waals surface area (Å²) in [5.74, 6) is 0. The van der Waals surface area contributed by atoms with Gasteiger partial charge in [-0.05, 0) is 26.2 Å². The normalized spacial score (nSPS) is 29.4. The summed E-state index contributed by atoms with van der Waals surface area (Å²) in [6.07, 6.45) is 3.25. The van der Waals surface area contributed by atoms with Crippen LogP contribution in [0.4, 0.5) is 0 Å². The highest BCUT2D eigenvalue weighted by Crippen LogP contribution is 2.22. The Bertz CT molecular complexity index is 154. The van der Waals surface area contributed by atoms with E-state index in [-0.39, 0.29) is 18.8 Å². The molecule has 0 saturated carbocycles. The quantitative estimate of drug-likeness (QED) is 0.609. The molecule has 1 fully saturated rings. The lowest BCUT2D eigenvalue weighted by Gasteiger charge is -2.22. The van der Waals surface area contributed by atoms with Crippen LogP contribution in [0.15, 0.2) is 0 Å². The molecule has 84 valence electrons. The first-order chi connectivity index (χ1) is 6.77. The third-order valence-corrected chi connectivity index (χ3v) is 2.55. The monoisotopic (exact) mass is 203 g/mol. The lowest BCUT2D eigenvalue weighted by molar-refractivity contribution is -0.0630. The van der Waals surface area contributed by atoms with E-state index in [1.807, 2.05) is 0 Å². The summed E-state index contributed by atoms with van der Waals surface area (Å²) < 4.78 is 11.2. The van der Waals surface area contributed by atoms with Crippen molar-refractivity contribution >= 4 is 0 Å². The van der Waals surface area contributed by atoms with E-state index < -0.39 is 0 Å². The molecule has 0 amide bonds. The number of hydrogen-bond donors (Lipinski definition) is 2. The Morgan fingerprint density at radius 2 is 2.36 bits per heavy atom. The van der Waals surface area contributed by atoms with Crippen LogP contribution in [0.1, 0.15) is 26.2 Å². The van der Waals surface area contributed by atoms with Crippen molar-refractivity contribution in [2.24, 2.45) is 5.73 Å². The van der Waals surface area contributed by atoms with Crippen LogP contribution < -0.4 is 5.73 Å². The highest BCUT2D eigenvalue weighted by atomic mass is 16.5. The van der Waals surface area contributed by atoms with Gasteiger partial charge >= 0.3 is 0 Å². The zero-order valence-electron chi connectivity index (χ0n) is 8.82. The van der Waals surface area contributed by atoms with Crippen molar-refractivity contribution in [3.8, 4) is 0 Å². The highest BCUT2D eigenvalue weighted by Gasteiger charge is 2.29. The zero-order valence-corrected chi connectivity index (χ0v) is 8.82. The maximum absolute atomic E-state index is 8.62. The molecule has 3 N–H and O–H groups in total. The van der Waals surface area contributed by atoms with E-state index in [9.17, 15) is 0 Å². The molecule has 0 aliphatic carbocycles. The maximum Gasteiger partial charge on any atom is 0.0958 e. The summed E-state index contributed by atoms with van der Waals surface area (Å²) >= 11 is 0. The molecular formula is C10H21NO3. The van der Waals surface area contributed by atoms with E-state index in [0.717, 1.165) is 12.8 Å². The minimum Gasteiger partial charge on any atom is -0.396 e.